The minimum absolute atomic E-state index is 0.287. The van der Waals surface area contributed by atoms with E-state index in [0.29, 0.717) is 23.5 Å². The second kappa shape index (κ2) is 8.19. The third-order valence-electron chi connectivity index (χ3n) is 3.69. The Balaban J connectivity index is 2.04. The molecule has 0 heterocycles. The third kappa shape index (κ3) is 5.46. The van der Waals surface area contributed by atoms with Crippen LogP contribution in [0, 0.1) is 12.7 Å². The van der Waals surface area contributed by atoms with Crippen LogP contribution in [0.4, 0.5) is 20.6 Å². The molecule has 140 valence electrons. The standard InChI is InChI=1S/C20H25FN2O3/c1-13-8-9-17(18(21)16(13)12-24)22-11-14-6-5-7-15(10-14)23-19(25)26-20(2,3)4/h5-10,22,24H,11-12H2,1-4H3,(H,23,25). The zero-order valence-electron chi connectivity index (χ0n) is 15.5. The molecule has 0 spiro atoms. The summed E-state index contributed by atoms with van der Waals surface area (Å²) in [6.45, 7) is 7.17. The van der Waals surface area contributed by atoms with E-state index in [4.69, 9.17) is 4.74 Å². The number of carbonyl (C=O) groups excluding carboxylic acids is 1. The number of carbonyl (C=O) groups is 1. The predicted octanol–water partition coefficient (Wildman–Crippen LogP) is 4.59. The van der Waals surface area contributed by atoms with Gasteiger partial charge in [0, 0.05) is 17.8 Å². The van der Waals surface area contributed by atoms with E-state index in [1.807, 2.05) is 6.07 Å². The lowest BCUT2D eigenvalue weighted by atomic mass is 10.1. The van der Waals surface area contributed by atoms with Gasteiger partial charge in [-0.25, -0.2) is 9.18 Å². The second-order valence-electron chi connectivity index (χ2n) is 7.06. The highest BCUT2D eigenvalue weighted by molar-refractivity contribution is 5.84. The average Bonchev–Trinajstić information content (AvgIpc) is 2.53. The van der Waals surface area contributed by atoms with E-state index in [1.165, 1.54) is 0 Å². The van der Waals surface area contributed by atoms with Crippen LogP contribution in [0.1, 0.15) is 37.5 Å². The minimum Gasteiger partial charge on any atom is -0.444 e. The molecule has 0 aliphatic heterocycles. The summed E-state index contributed by atoms with van der Waals surface area (Å²) in [7, 11) is 0. The summed E-state index contributed by atoms with van der Waals surface area (Å²) < 4.78 is 19.6. The number of benzene rings is 2. The molecule has 6 heteroatoms. The molecule has 0 aliphatic carbocycles. The SMILES string of the molecule is Cc1ccc(NCc2cccc(NC(=O)OC(C)(C)C)c2)c(F)c1CO. The van der Waals surface area contributed by atoms with E-state index in [9.17, 15) is 14.3 Å². The molecule has 0 radical (unpaired) electrons. The number of anilines is 2. The number of aliphatic hydroxyl groups is 1. The molecule has 0 fully saturated rings. The molecule has 5 nitrogen and oxygen atoms in total. The monoisotopic (exact) mass is 360 g/mol. The van der Waals surface area contributed by atoms with Crippen molar-refractivity contribution in [3.8, 4) is 0 Å². The van der Waals surface area contributed by atoms with E-state index in [0.717, 1.165) is 5.56 Å². The van der Waals surface area contributed by atoms with Crippen LogP contribution in [0.15, 0.2) is 36.4 Å². The summed E-state index contributed by atoms with van der Waals surface area (Å²) in [5.74, 6) is -0.449. The van der Waals surface area contributed by atoms with E-state index >= 15 is 0 Å². The van der Waals surface area contributed by atoms with Crippen molar-refractivity contribution in [2.75, 3.05) is 10.6 Å². The molecule has 2 aromatic carbocycles. The number of rotatable bonds is 5. The van der Waals surface area contributed by atoms with Crippen molar-refractivity contribution in [1.82, 2.24) is 0 Å². The lowest BCUT2D eigenvalue weighted by Crippen LogP contribution is -2.27. The lowest BCUT2D eigenvalue weighted by molar-refractivity contribution is 0.0636. The molecule has 3 N–H and O–H groups in total. The Morgan fingerprint density at radius 1 is 1.23 bits per heavy atom. The van der Waals surface area contributed by atoms with Gasteiger partial charge in [0.1, 0.15) is 5.60 Å². The van der Waals surface area contributed by atoms with Crippen LogP contribution in [0.2, 0.25) is 0 Å². The summed E-state index contributed by atoms with van der Waals surface area (Å²) in [5.41, 5.74) is 2.21. The lowest BCUT2D eigenvalue weighted by Gasteiger charge is -2.19. The maximum absolute atomic E-state index is 14.3. The normalized spacial score (nSPS) is 11.2. The zero-order chi connectivity index (χ0) is 19.3. The summed E-state index contributed by atoms with van der Waals surface area (Å²) in [5, 5.41) is 15.0. The molecule has 26 heavy (non-hydrogen) atoms. The van der Waals surface area contributed by atoms with Gasteiger partial charge < -0.3 is 15.2 Å². The fourth-order valence-corrected chi connectivity index (χ4v) is 2.43. The van der Waals surface area contributed by atoms with Crippen molar-refractivity contribution in [3.05, 3.63) is 58.9 Å². The number of aliphatic hydroxyl groups excluding tert-OH is 1. The summed E-state index contributed by atoms with van der Waals surface area (Å²) >= 11 is 0. The van der Waals surface area contributed by atoms with Crippen molar-refractivity contribution in [1.29, 1.82) is 0 Å². The van der Waals surface area contributed by atoms with Gasteiger partial charge in [-0.3, -0.25) is 5.32 Å². The number of ether oxygens (including phenoxy) is 1. The van der Waals surface area contributed by atoms with Crippen molar-refractivity contribution >= 4 is 17.5 Å². The van der Waals surface area contributed by atoms with Gasteiger partial charge in [0.05, 0.1) is 12.3 Å². The highest BCUT2D eigenvalue weighted by Crippen LogP contribution is 2.23. The second-order valence-corrected chi connectivity index (χ2v) is 7.06. The smallest absolute Gasteiger partial charge is 0.412 e. The van der Waals surface area contributed by atoms with Gasteiger partial charge in [0.25, 0.3) is 0 Å². The molecule has 0 saturated heterocycles. The van der Waals surface area contributed by atoms with Crippen LogP contribution in [0.25, 0.3) is 0 Å². The number of amides is 1. The fraction of sp³-hybridized carbons (Fsp3) is 0.350. The topological polar surface area (TPSA) is 70.6 Å². The molecule has 0 bridgehead atoms. The average molecular weight is 360 g/mol. The van der Waals surface area contributed by atoms with Crippen LogP contribution < -0.4 is 10.6 Å². The number of hydrogen-bond acceptors (Lipinski definition) is 4. The van der Waals surface area contributed by atoms with E-state index in [1.54, 1.807) is 58.0 Å². The molecule has 0 saturated carbocycles. The molecule has 0 aromatic heterocycles. The van der Waals surface area contributed by atoms with Crippen LogP contribution in [0.5, 0.6) is 0 Å². The van der Waals surface area contributed by atoms with Gasteiger partial charge in [-0.1, -0.05) is 18.2 Å². The molecular formula is C20H25FN2O3. The van der Waals surface area contributed by atoms with Gasteiger partial charge in [0.2, 0.25) is 0 Å². The molecular weight excluding hydrogens is 335 g/mol. The summed E-state index contributed by atoms with van der Waals surface area (Å²) in [6.07, 6.45) is -0.528. The Labute approximate surface area is 153 Å². The van der Waals surface area contributed by atoms with Gasteiger partial charge in [-0.2, -0.15) is 0 Å². The maximum atomic E-state index is 14.3. The van der Waals surface area contributed by atoms with Gasteiger partial charge >= 0.3 is 6.09 Å². The molecule has 2 aromatic rings. The number of hydrogen-bond donors (Lipinski definition) is 3. The Hall–Kier alpha value is -2.60. The quantitative estimate of drug-likeness (QED) is 0.730. The molecule has 0 atom stereocenters. The predicted molar refractivity (Wildman–Crippen MR) is 101 cm³/mol. The zero-order valence-corrected chi connectivity index (χ0v) is 15.5. The number of nitrogens with one attached hydrogen (secondary N) is 2. The van der Waals surface area contributed by atoms with E-state index < -0.39 is 17.5 Å². The van der Waals surface area contributed by atoms with Gasteiger partial charge in [-0.15, -0.1) is 0 Å². The van der Waals surface area contributed by atoms with Crippen molar-refractivity contribution in [2.45, 2.75) is 46.4 Å². The van der Waals surface area contributed by atoms with Crippen LogP contribution in [-0.2, 0) is 17.9 Å². The van der Waals surface area contributed by atoms with Crippen molar-refractivity contribution < 1.29 is 19.0 Å². The van der Waals surface area contributed by atoms with Crippen molar-refractivity contribution in [2.24, 2.45) is 0 Å². The number of aryl methyl sites for hydroxylation is 1. The first-order valence-electron chi connectivity index (χ1n) is 8.41. The fourth-order valence-electron chi connectivity index (χ4n) is 2.43. The minimum atomic E-state index is -0.573. The van der Waals surface area contributed by atoms with Crippen LogP contribution in [0.3, 0.4) is 0 Å². The first kappa shape index (κ1) is 19.7. The first-order chi connectivity index (χ1) is 12.2. The molecule has 0 unspecified atom stereocenters. The molecule has 0 aliphatic rings. The van der Waals surface area contributed by atoms with Gasteiger partial charge in [-0.05, 0) is 57.0 Å². The van der Waals surface area contributed by atoms with E-state index in [-0.39, 0.29) is 12.2 Å². The Kier molecular flexibility index (Phi) is 6.21. The van der Waals surface area contributed by atoms with E-state index in [2.05, 4.69) is 10.6 Å². The molecule has 1 amide bonds. The highest BCUT2D eigenvalue weighted by Gasteiger charge is 2.16. The number of halogens is 1. The first-order valence-corrected chi connectivity index (χ1v) is 8.41. The Morgan fingerprint density at radius 2 is 1.96 bits per heavy atom. The molecule has 2 rings (SSSR count). The highest BCUT2D eigenvalue weighted by atomic mass is 19.1. The third-order valence-corrected chi connectivity index (χ3v) is 3.69. The van der Waals surface area contributed by atoms with Gasteiger partial charge in [0.15, 0.2) is 5.82 Å². The van der Waals surface area contributed by atoms with Crippen LogP contribution in [-0.4, -0.2) is 16.8 Å². The summed E-state index contributed by atoms with van der Waals surface area (Å²) in [6, 6.07) is 10.6. The Bertz CT molecular complexity index is 785. The maximum Gasteiger partial charge on any atom is 0.412 e. The van der Waals surface area contributed by atoms with Crippen LogP contribution >= 0.6 is 0 Å². The largest absolute Gasteiger partial charge is 0.444 e. The Morgan fingerprint density at radius 3 is 2.62 bits per heavy atom. The van der Waals surface area contributed by atoms with Crippen molar-refractivity contribution in [3.63, 3.8) is 0 Å². The summed E-state index contributed by atoms with van der Waals surface area (Å²) in [4.78, 5) is 11.8.